The second-order valence-electron chi connectivity index (χ2n) is 8.11. The average Bonchev–Trinajstić information content (AvgIpc) is 2.84. The van der Waals surface area contributed by atoms with Crippen molar-refractivity contribution in [3.8, 4) is 11.1 Å². The van der Waals surface area contributed by atoms with Gasteiger partial charge in [-0.15, -0.1) is 0 Å². The van der Waals surface area contributed by atoms with Crippen molar-refractivity contribution in [1.29, 1.82) is 0 Å². The molecule has 24 heavy (non-hydrogen) atoms. The molecule has 2 atom stereocenters. The van der Waals surface area contributed by atoms with Gasteiger partial charge in [0.2, 0.25) is 0 Å². The Morgan fingerprint density at radius 3 is 2.00 bits per heavy atom. The van der Waals surface area contributed by atoms with E-state index in [0.29, 0.717) is 0 Å². The van der Waals surface area contributed by atoms with Crippen LogP contribution in [0.2, 0.25) is 0 Å². The smallest absolute Gasteiger partial charge is 0.0220 e. The number of rotatable bonds is 6. The summed E-state index contributed by atoms with van der Waals surface area (Å²) in [6.07, 6.45) is 5.04. The van der Waals surface area contributed by atoms with Crippen LogP contribution in [0, 0.1) is 18.8 Å². The van der Waals surface area contributed by atoms with Crippen LogP contribution < -0.4 is 0 Å². The fourth-order valence-corrected chi connectivity index (χ4v) is 4.57. The highest BCUT2D eigenvalue weighted by Crippen LogP contribution is 2.55. The molecule has 0 saturated carbocycles. The van der Waals surface area contributed by atoms with Crippen LogP contribution in [0.1, 0.15) is 70.1 Å². The lowest BCUT2D eigenvalue weighted by atomic mass is 9.66. The minimum Gasteiger partial charge on any atom is -0.0651 e. The van der Waals surface area contributed by atoms with Gasteiger partial charge in [-0.1, -0.05) is 88.6 Å². The van der Waals surface area contributed by atoms with Crippen molar-refractivity contribution >= 4 is 0 Å². The highest BCUT2D eigenvalue weighted by Gasteiger charge is 2.44. The summed E-state index contributed by atoms with van der Waals surface area (Å²) >= 11 is 0. The Bertz CT molecular complexity index is 698. The molecule has 0 aromatic heterocycles. The molecule has 0 saturated heterocycles. The normalized spacial score (nSPS) is 21.2. The first-order valence-corrected chi connectivity index (χ1v) is 9.72. The summed E-state index contributed by atoms with van der Waals surface area (Å²) in [4.78, 5) is 0. The third-order valence-electron chi connectivity index (χ3n) is 6.21. The Hall–Kier alpha value is -1.56. The summed E-state index contributed by atoms with van der Waals surface area (Å²) in [5.74, 6) is 1.49. The highest BCUT2D eigenvalue weighted by molar-refractivity contribution is 5.81. The number of hydrogen-bond acceptors (Lipinski definition) is 0. The molecule has 0 radical (unpaired) electrons. The van der Waals surface area contributed by atoms with E-state index in [1.54, 1.807) is 11.1 Å². The van der Waals surface area contributed by atoms with Crippen molar-refractivity contribution in [3.63, 3.8) is 0 Å². The fraction of sp³-hybridized carbons (Fsp3) is 0.500. The molecule has 3 rings (SSSR count). The highest BCUT2D eigenvalue weighted by atomic mass is 14.5. The van der Waals surface area contributed by atoms with Crippen molar-refractivity contribution < 1.29 is 0 Å². The maximum atomic E-state index is 2.47. The van der Waals surface area contributed by atoms with Crippen LogP contribution in [0.5, 0.6) is 0 Å². The third kappa shape index (κ3) is 2.81. The van der Waals surface area contributed by atoms with Crippen LogP contribution >= 0.6 is 0 Å². The van der Waals surface area contributed by atoms with Crippen LogP contribution in [0.3, 0.4) is 0 Å². The molecule has 0 N–H and O–H groups in total. The second kappa shape index (κ2) is 6.75. The van der Waals surface area contributed by atoms with Crippen molar-refractivity contribution in [3.05, 3.63) is 59.2 Å². The van der Waals surface area contributed by atoms with Gasteiger partial charge in [0, 0.05) is 5.41 Å². The van der Waals surface area contributed by atoms with Crippen LogP contribution in [-0.4, -0.2) is 0 Å². The lowest BCUT2D eigenvalue weighted by Gasteiger charge is -2.37. The fourth-order valence-electron chi connectivity index (χ4n) is 4.57. The van der Waals surface area contributed by atoms with E-state index in [0.717, 1.165) is 11.8 Å². The topological polar surface area (TPSA) is 0 Å². The van der Waals surface area contributed by atoms with E-state index in [-0.39, 0.29) is 5.41 Å². The van der Waals surface area contributed by atoms with Crippen LogP contribution in [-0.2, 0) is 5.41 Å². The van der Waals surface area contributed by atoms with Crippen molar-refractivity contribution in [1.82, 2.24) is 0 Å². The summed E-state index contributed by atoms with van der Waals surface area (Å²) < 4.78 is 0. The zero-order valence-electron chi connectivity index (χ0n) is 16.0. The Morgan fingerprint density at radius 2 is 1.38 bits per heavy atom. The lowest BCUT2D eigenvalue weighted by molar-refractivity contribution is 0.308. The zero-order valence-corrected chi connectivity index (χ0v) is 16.0. The number of aryl methyl sites for hydroxylation is 1. The molecule has 0 bridgehead atoms. The average molecular weight is 321 g/mol. The van der Waals surface area contributed by atoms with Gasteiger partial charge in [-0.05, 0) is 53.9 Å². The van der Waals surface area contributed by atoms with Gasteiger partial charge in [0.25, 0.3) is 0 Å². The molecule has 2 unspecified atom stereocenters. The van der Waals surface area contributed by atoms with E-state index in [1.165, 1.54) is 42.4 Å². The summed E-state index contributed by atoms with van der Waals surface area (Å²) in [6, 6.07) is 16.3. The monoisotopic (exact) mass is 320 g/mol. The number of fused-ring (bicyclic) bond motifs is 3. The minimum absolute atomic E-state index is 0.197. The molecule has 128 valence electrons. The second-order valence-corrected chi connectivity index (χ2v) is 8.11. The molecule has 0 fully saturated rings. The van der Waals surface area contributed by atoms with Gasteiger partial charge in [0.05, 0.1) is 0 Å². The van der Waals surface area contributed by atoms with Gasteiger partial charge in [-0.2, -0.15) is 0 Å². The van der Waals surface area contributed by atoms with E-state index >= 15 is 0 Å². The third-order valence-corrected chi connectivity index (χ3v) is 6.21. The molecule has 0 heteroatoms. The molecule has 1 aliphatic carbocycles. The lowest BCUT2D eigenvalue weighted by Crippen LogP contribution is -2.30. The van der Waals surface area contributed by atoms with E-state index in [1.807, 2.05) is 0 Å². The van der Waals surface area contributed by atoms with E-state index < -0.39 is 0 Å². The van der Waals surface area contributed by atoms with Crippen molar-refractivity contribution in [2.24, 2.45) is 11.8 Å². The minimum atomic E-state index is 0.197. The summed E-state index contributed by atoms with van der Waals surface area (Å²) in [5.41, 5.74) is 7.69. The van der Waals surface area contributed by atoms with Crippen molar-refractivity contribution in [2.45, 2.75) is 65.7 Å². The number of benzene rings is 2. The van der Waals surface area contributed by atoms with Gasteiger partial charge in [-0.25, -0.2) is 0 Å². The summed E-state index contributed by atoms with van der Waals surface area (Å²) in [5, 5.41) is 0. The van der Waals surface area contributed by atoms with E-state index in [4.69, 9.17) is 0 Å². The van der Waals surface area contributed by atoms with Crippen LogP contribution in [0.25, 0.3) is 11.1 Å². The van der Waals surface area contributed by atoms with Gasteiger partial charge >= 0.3 is 0 Å². The maximum absolute atomic E-state index is 2.47. The van der Waals surface area contributed by atoms with Gasteiger partial charge < -0.3 is 0 Å². The molecule has 0 nitrogen and oxygen atoms in total. The van der Waals surface area contributed by atoms with Gasteiger partial charge in [-0.3, -0.25) is 0 Å². The Morgan fingerprint density at radius 1 is 0.792 bits per heavy atom. The molecule has 0 heterocycles. The Labute approximate surface area is 148 Å². The van der Waals surface area contributed by atoms with Crippen molar-refractivity contribution in [2.75, 3.05) is 0 Å². The Kier molecular flexibility index (Phi) is 4.85. The molecule has 0 aliphatic heterocycles. The summed E-state index contributed by atoms with van der Waals surface area (Å²) in [7, 11) is 0. The maximum Gasteiger partial charge on any atom is 0.0220 e. The van der Waals surface area contributed by atoms with E-state index in [9.17, 15) is 0 Å². The molecular weight excluding hydrogens is 288 g/mol. The van der Waals surface area contributed by atoms with Gasteiger partial charge in [0.15, 0.2) is 0 Å². The molecule has 0 amide bonds. The van der Waals surface area contributed by atoms with Gasteiger partial charge in [0.1, 0.15) is 0 Å². The molecule has 1 aliphatic rings. The van der Waals surface area contributed by atoms with E-state index in [2.05, 4.69) is 77.1 Å². The quantitative estimate of drug-likeness (QED) is 0.531. The predicted molar refractivity (Wildman–Crippen MR) is 106 cm³/mol. The predicted octanol–water partition coefficient (Wildman–Crippen LogP) is 7.13. The van der Waals surface area contributed by atoms with Crippen LogP contribution in [0.4, 0.5) is 0 Å². The molecule has 2 aromatic rings. The SMILES string of the molecule is CCC(C)CC1(CC(C)CC)c2ccccc2-c2ccc(C)cc21. The first-order chi connectivity index (χ1) is 11.5. The zero-order chi connectivity index (χ0) is 17.3. The first kappa shape index (κ1) is 17.3. The molecule has 0 spiro atoms. The summed E-state index contributed by atoms with van der Waals surface area (Å²) in [6.45, 7) is 11.8. The molecular formula is C24H32. The number of hydrogen-bond donors (Lipinski definition) is 0. The standard InChI is InChI=1S/C24H32/c1-6-17(3)15-24(16-18(4)7-2)22-11-9-8-10-20(22)21-13-12-19(5)14-23(21)24/h8-14,17-18H,6-7,15-16H2,1-5H3. The largest absolute Gasteiger partial charge is 0.0651 e. The molecule has 2 aromatic carbocycles. The van der Waals surface area contributed by atoms with Crippen LogP contribution in [0.15, 0.2) is 42.5 Å². The first-order valence-electron chi connectivity index (χ1n) is 9.72. The Balaban J connectivity index is 2.24.